The number of urea groups is 1. The van der Waals surface area contributed by atoms with E-state index in [1.54, 1.807) is 11.0 Å². The van der Waals surface area contributed by atoms with E-state index in [0.29, 0.717) is 28.1 Å². The maximum Gasteiger partial charge on any atom is 0.326 e. The first-order valence-corrected chi connectivity index (χ1v) is 11.7. The number of halogens is 1. The number of carbonyl (C=O) groups excluding carboxylic acids is 1. The minimum absolute atomic E-state index is 0.254. The molecular formula is C28H25ClN4O2. The zero-order valence-corrected chi connectivity index (χ0v) is 20.7. The molecule has 35 heavy (non-hydrogen) atoms. The van der Waals surface area contributed by atoms with Crippen molar-refractivity contribution in [2.24, 2.45) is 0 Å². The number of hydrogen-bond donors (Lipinski definition) is 1. The molecule has 5 rings (SSSR count). The summed E-state index contributed by atoms with van der Waals surface area (Å²) in [4.78, 5) is 19.7. The van der Waals surface area contributed by atoms with Crippen molar-refractivity contribution in [2.75, 3.05) is 4.90 Å². The number of aromatic nitrogens is 2. The number of aryl methyl sites for hydroxylation is 3. The number of carbonyl (C=O) groups is 1. The maximum atomic E-state index is 13.4. The van der Waals surface area contributed by atoms with Gasteiger partial charge in [0.25, 0.3) is 5.89 Å². The molecule has 1 aliphatic heterocycles. The molecule has 2 heterocycles. The zero-order chi connectivity index (χ0) is 24.7. The van der Waals surface area contributed by atoms with Gasteiger partial charge in [-0.1, -0.05) is 76.4 Å². The van der Waals surface area contributed by atoms with Gasteiger partial charge in [0, 0.05) is 16.3 Å². The average Bonchev–Trinajstić information content (AvgIpc) is 3.31. The molecule has 0 saturated heterocycles. The first-order chi connectivity index (χ1) is 16.8. The molecule has 0 spiro atoms. The summed E-state index contributed by atoms with van der Waals surface area (Å²) in [5, 5.41) is 7.97. The molecular weight excluding hydrogens is 460 g/mol. The Labute approximate surface area is 209 Å². The number of nitrogens with zero attached hydrogens (tertiary/aromatic N) is 3. The summed E-state index contributed by atoms with van der Waals surface area (Å²) in [6, 6.07) is 20.8. The standard InChI is InChI=1S/C28H25ClN4O2/c1-16-8-11-20(12-9-16)25-24(27-31-26(32-35-27)21-7-5-6-17(2)14-21)19(4)33(28(34)30-25)22-13-10-18(3)23(29)15-22/h5-15,25H,1-4H3,(H,30,34). The molecule has 1 unspecified atom stereocenters. The minimum atomic E-state index is -0.453. The molecule has 0 saturated carbocycles. The van der Waals surface area contributed by atoms with Crippen molar-refractivity contribution >= 4 is 28.9 Å². The van der Waals surface area contributed by atoms with Crippen LogP contribution >= 0.6 is 11.6 Å². The summed E-state index contributed by atoms with van der Waals surface area (Å²) in [5.74, 6) is 0.848. The number of rotatable bonds is 4. The van der Waals surface area contributed by atoms with Crippen LogP contribution in [0.5, 0.6) is 0 Å². The second kappa shape index (κ2) is 9.04. The van der Waals surface area contributed by atoms with Crippen molar-refractivity contribution in [1.82, 2.24) is 15.5 Å². The molecule has 6 nitrogen and oxygen atoms in total. The Bertz CT molecular complexity index is 1460. The second-order valence-electron chi connectivity index (χ2n) is 8.85. The van der Waals surface area contributed by atoms with E-state index < -0.39 is 6.04 Å². The molecule has 3 aromatic carbocycles. The van der Waals surface area contributed by atoms with E-state index >= 15 is 0 Å². The SMILES string of the molecule is CC1=C(c2nc(-c3cccc(C)c3)no2)C(c2ccc(C)cc2)NC(=O)N1c1ccc(C)c(Cl)c1. The smallest absolute Gasteiger partial charge is 0.326 e. The van der Waals surface area contributed by atoms with E-state index in [1.165, 1.54) is 0 Å². The van der Waals surface area contributed by atoms with Crippen LogP contribution in [0.3, 0.4) is 0 Å². The average molecular weight is 485 g/mol. The van der Waals surface area contributed by atoms with Crippen molar-refractivity contribution in [3.63, 3.8) is 0 Å². The van der Waals surface area contributed by atoms with Crippen molar-refractivity contribution in [1.29, 1.82) is 0 Å². The molecule has 2 amide bonds. The van der Waals surface area contributed by atoms with Crippen LogP contribution in [0.15, 0.2) is 77.0 Å². The van der Waals surface area contributed by atoms with Gasteiger partial charge in [0.1, 0.15) is 0 Å². The van der Waals surface area contributed by atoms with Gasteiger partial charge in [-0.15, -0.1) is 0 Å². The van der Waals surface area contributed by atoms with Crippen LogP contribution in [-0.2, 0) is 0 Å². The Balaban J connectivity index is 1.66. The van der Waals surface area contributed by atoms with E-state index in [9.17, 15) is 4.79 Å². The third-order valence-electron chi connectivity index (χ3n) is 6.24. The molecule has 176 valence electrons. The van der Waals surface area contributed by atoms with Gasteiger partial charge in [-0.05, 0) is 57.0 Å². The van der Waals surface area contributed by atoms with Gasteiger partial charge in [0.15, 0.2) is 0 Å². The van der Waals surface area contributed by atoms with Crippen LogP contribution in [0.25, 0.3) is 17.0 Å². The molecule has 4 aromatic rings. The molecule has 1 atom stereocenters. The highest BCUT2D eigenvalue weighted by molar-refractivity contribution is 6.31. The van der Waals surface area contributed by atoms with Crippen molar-refractivity contribution < 1.29 is 9.32 Å². The fourth-order valence-corrected chi connectivity index (χ4v) is 4.47. The van der Waals surface area contributed by atoms with Crippen LogP contribution in [0, 0.1) is 20.8 Å². The quantitative estimate of drug-likeness (QED) is 0.338. The van der Waals surface area contributed by atoms with Crippen LogP contribution < -0.4 is 10.2 Å². The number of nitrogens with one attached hydrogen (secondary N) is 1. The Morgan fingerprint density at radius 2 is 1.71 bits per heavy atom. The van der Waals surface area contributed by atoms with Crippen molar-refractivity contribution in [3.05, 3.63) is 106 Å². The number of amides is 2. The van der Waals surface area contributed by atoms with Gasteiger partial charge in [-0.3, -0.25) is 4.90 Å². The monoisotopic (exact) mass is 484 g/mol. The van der Waals surface area contributed by atoms with Gasteiger partial charge in [-0.2, -0.15) is 4.98 Å². The molecule has 1 aromatic heterocycles. The van der Waals surface area contributed by atoms with E-state index in [2.05, 4.69) is 10.5 Å². The molecule has 0 aliphatic carbocycles. The lowest BCUT2D eigenvalue weighted by atomic mass is 9.94. The van der Waals surface area contributed by atoms with Crippen molar-refractivity contribution in [3.8, 4) is 11.4 Å². The topological polar surface area (TPSA) is 71.3 Å². The maximum absolute atomic E-state index is 13.4. The summed E-state index contributed by atoms with van der Waals surface area (Å²) in [7, 11) is 0. The first-order valence-electron chi connectivity index (χ1n) is 11.4. The highest BCUT2D eigenvalue weighted by Crippen LogP contribution is 2.39. The van der Waals surface area contributed by atoms with E-state index in [1.807, 2.05) is 88.4 Å². The Morgan fingerprint density at radius 1 is 0.943 bits per heavy atom. The molecule has 0 bridgehead atoms. The minimum Gasteiger partial charge on any atom is -0.334 e. The zero-order valence-electron chi connectivity index (χ0n) is 20.0. The summed E-state index contributed by atoms with van der Waals surface area (Å²) in [6.45, 7) is 7.86. The van der Waals surface area contributed by atoms with Crippen LogP contribution in [0.4, 0.5) is 10.5 Å². The summed E-state index contributed by atoms with van der Waals surface area (Å²) in [5.41, 5.74) is 7.06. The summed E-state index contributed by atoms with van der Waals surface area (Å²) < 4.78 is 5.78. The molecule has 7 heteroatoms. The lowest BCUT2D eigenvalue weighted by molar-refractivity contribution is 0.244. The lowest BCUT2D eigenvalue weighted by Gasteiger charge is -2.35. The highest BCUT2D eigenvalue weighted by atomic mass is 35.5. The highest BCUT2D eigenvalue weighted by Gasteiger charge is 2.36. The van der Waals surface area contributed by atoms with Gasteiger partial charge < -0.3 is 9.84 Å². The second-order valence-corrected chi connectivity index (χ2v) is 9.26. The Kier molecular flexibility index (Phi) is 5.91. The van der Waals surface area contributed by atoms with Gasteiger partial charge in [-0.25, -0.2) is 4.79 Å². The van der Waals surface area contributed by atoms with Crippen molar-refractivity contribution in [2.45, 2.75) is 33.7 Å². The summed E-state index contributed by atoms with van der Waals surface area (Å²) >= 11 is 6.39. The number of benzene rings is 3. The normalized spacial score (nSPS) is 16.0. The fourth-order valence-electron chi connectivity index (χ4n) is 4.30. The lowest BCUT2D eigenvalue weighted by Crippen LogP contribution is -2.46. The number of anilines is 1. The van der Waals surface area contributed by atoms with Gasteiger partial charge >= 0.3 is 6.03 Å². The van der Waals surface area contributed by atoms with E-state index in [0.717, 1.165) is 33.4 Å². The largest absolute Gasteiger partial charge is 0.334 e. The van der Waals surface area contributed by atoms with Gasteiger partial charge in [0.2, 0.25) is 5.82 Å². The third-order valence-corrected chi connectivity index (χ3v) is 6.65. The Morgan fingerprint density at radius 3 is 2.43 bits per heavy atom. The molecule has 1 aliphatic rings. The molecule has 1 N–H and O–H groups in total. The predicted molar refractivity (Wildman–Crippen MR) is 138 cm³/mol. The molecule has 0 radical (unpaired) electrons. The van der Waals surface area contributed by atoms with Crippen LogP contribution in [0.2, 0.25) is 5.02 Å². The summed E-state index contributed by atoms with van der Waals surface area (Å²) in [6.07, 6.45) is 0. The van der Waals surface area contributed by atoms with Crippen LogP contribution in [0.1, 0.15) is 41.1 Å². The Hall–Kier alpha value is -3.90. The van der Waals surface area contributed by atoms with Crippen LogP contribution in [-0.4, -0.2) is 16.2 Å². The number of hydrogen-bond acceptors (Lipinski definition) is 4. The predicted octanol–water partition coefficient (Wildman–Crippen LogP) is 7.02. The molecule has 0 fully saturated rings. The first kappa shape index (κ1) is 22.9. The fraction of sp³-hybridized carbons (Fsp3) is 0.179. The third kappa shape index (κ3) is 4.33. The number of allylic oxidation sites excluding steroid dienone is 1. The van der Waals surface area contributed by atoms with Gasteiger partial charge in [0.05, 0.1) is 17.3 Å². The van der Waals surface area contributed by atoms with E-state index in [-0.39, 0.29) is 6.03 Å². The van der Waals surface area contributed by atoms with E-state index in [4.69, 9.17) is 21.1 Å².